The number of fused-ring (bicyclic) bond motifs is 2. The van der Waals surface area contributed by atoms with Crippen molar-refractivity contribution in [2.24, 2.45) is 16.7 Å². The first-order valence-electron chi connectivity index (χ1n) is 18.3. The second-order valence-electron chi connectivity index (χ2n) is 15.6. The summed E-state index contributed by atoms with van der Waals surface area (Å²) in [6.07, 6.45) is 9.36. The minimum atomic E-state index is -0.337. The Labute approximate surface area is 319 Å². The molecule has 275 valence electrons. The van der Waals surface area contributed by atoms with Crippen molar-refractivity contribution >= 4 is 27.7 Å². The first-order chi connectivity index (χ1) is 23.6. The van der Waals surface area contributed by atoms with Gasteiger partial charge in [0.15, 0.2) is 5.78 Å². The van der Waals surface area contributed by atoms with Crippen molar-refractivity contribution in [3.8, 4) is 22.4 Å². The molecule has 0 saturated carbocycles. The van der Waals surface area contributed by atoms with Crippen LogP contribution in [0.3, 0.4) is 0 Å². The van der Waals surface area contributed by atoms with Crippen LogP contribution in [0, 0.1) is 22.8 Å². The second-order valence-corrected chi connectivity index (χ2v) is 15.6. The number of furan rings is 1. The van der Waals surface area contributed by atoms with Crippen molar-refractivity contribution in [3.63, 3.8) is 0 Å². The van der Waals surface area contributed by atoms with Crippen molar-refractivity contribution in [2.45, 2.75) is 114 Å². The number of pyridine rings is 2. The third-order valence-electron chi connectivity index (χ3n) is 10.6. The van der Waals surface area contributed by atoms with Crippen molar-refractivity contribution in [3.05, 3.63) is 96.2 Å². The smallest absolute Gasteiger partial charge is 0.226 e. The molecule has 5 nitrogen and oxygen atoms in total. The molecule has 0 aliphatic heterocycles. The average molecular weight is 866 g/mol. The fraction of sp³-hybridized carbons (Fsp3) is 0.444. The van der Waals surface area contributed by atoms with E-state index in [0.717, 1.165) is 71.0 Å². The molecule has 0 amide bonds. The number of aliphatic hydroxyl groups is 1. The minimum absolute atomic E-state index is 0. The van der Waals surface area contributed by atoms with Gasteiger partial charge < -0.3 is 9.52 Å². The molecular weight excluding hydrogens is 809 g/mol. The molecule has 1 radical (unpaired) electrons. The summed E-state index contributed by atoms with van der Waals surface area (Å²) in [7, 11) is 0. The molecule has 2 aromatic carbocycles. The van der Waals surface area contributed by atoms with Gasteiger partial charge in [0.25, 0.3) is 0 Å². The van der Waals surface area contributed by atoms with Gasteiger partial charge >= 0.3 is 0 Å². The van der Waals surface area contributed by atoms with E-state index in [1.807, 2.05) is 53.9 Å². The van der Waals surface area contributed by atoms with Gasteiger partial charge in [0.2, 0.25) is 5.71 Å². The van der Waals surface area contributed by atoms with E-state index in [-0.39, 0.29) is 47.9 Å². The van der Waals surface area contributed by atoms with Gasteiger partial charge in [-0.25, -0.2) is 4.98 Å². The number of ketones is 1. The van der Waals surface area contributed by atoms with Gasteiger partial charge in [0.1, 0.15) is 11.5 Å². The van der Waals surface area contributed by atoms with E-state index >= 15 is 0 Å². The van der Waals surface area contributed by atoms with E-state index in [9.17, 15) is 9.90 Å². The van der Waals surface area contributed by atoms with Gasteiger partial charge in [0.05, 0.1) is 0 Å². The fourth-order valence-corrected chi connectivity index (χ4v) is 6.16. The predicted octanol–water partition coefficient (Wildman–Crippen LogP) is 12.7. The molecule has 0 spiro atoms. The number of aliphatic hydroxyl groups excluding tert-OH is 1. The van der Waals surface area contributed by atoms with Crippen LogP contribution in [0.2, 0.25) is 0 Å². The maximum Gasteiger partial charge on any atom is 0.226 e. The van der Waals surface area contributed by atoms with E-state index in [0.29, 0.717) is 11.6 Å². The number of hydrogen-bond donors (Lipinski definition) is 1. The third kappa shape index (κ3) is 9.64. The van der Waals surface area contributed by atoms with Gasteiger partial charge in [-0.3, -0.25) is 9.78 Å². The van der Waals surface area contributed by atoms with Crippen LogP contribution < -0.4 is 0 Å². The molecule has 0 unspecified atom stereocenters. The SMILES string of the molecule is CC(C)Cc1cc2c(-c3ccnc(-c4[c-]c5ccccc5c(C(C)(C)C)c4)c3)ccnc2o1.CCC(C)(CC)C(=O)/C=C(\O)C(C)(CC)CC.[Ir]. The number of carbonyl (C=O) groups excluding carboxylic acids is 1. The second kappa shape index (κ2) is 17.3. The van der Waals surface area contributed by atoms with Gasteiger partial charge in [-0.15, -0.1) is 29.1 Å². The van der Waals surface area contributed by atoms with E-state index in [1.165, 1.54) is 17.0 Å². The number of aromatic nitrogens is 2. The van der Waals surface area contributed by atoms with Crippen LogP contribution >= 0.6 is 0 Å². The van der Waals surface area contributed by atoms with Crippen LogP contribution in [-0.2, 0) is 36.7 Å². The zero-order valence-electron chi connectivity index (χ0n) is 32.5. The summed E-state index contributed by atoms with van der Waals surface area (Å²) in [4.78, 5) is 21.4. The molecule has 1 N–H and O–H groups in total. The Morgan fingerprint density at radius 2 is 1.47 bits per heavy atom. The molecule has 3 heterocycles. The molecule has 3 aromatic heterocycles. The first-order valence-corrected chi connectivity index (χ1v) is 18.3. The van der Waals surface area contributed by atoms with Gasteiger partial charge in [0, 0.05) is 66.9 Å². The number of carbonyl (C=O) groups is 1. The molecule has 6 heteroatoms. The summed E-state index contributed by atoms with van der Waals surface area (Å²) in [6.45, 7) is 23.2. The van der Waals surface area contributed by atoms with E-state index in [1.54, 1.807) is 0 Å². The van der Waals surface area contributed by atoms with Crippen LogP contribution in [0.15, 0.2) is 83.2 Å². The monoisotopic (exact) mass is 866 g/mol. The Hall–Kier alpha value is -3.60. The van der Waals surface area contributed by atoms with Gasteiger partial charge in [-0.2, -0.15) is 0 Å². The van der Waals surface area contributed by atoms with Crippen LogP contribution in [0.1, 0.15) is 113 Å². The average Bonchev–Trinajstić information content (AvgIpc) is 3.52. The fourth-order valence-electron chi connectivity index (χ4n) is 6.16. The molecule has 0 fully saturated rings. The van der Waals surface area contributed by atoms with Crippen LogP contribution in [-0.4, -0.2) is 20.9 Å². The van der Waals surface area contributed by atoms with Crippen LogP contribution in [0.25, 0.3) is 44.3 Å². The quantitative estimate of drug-likeness (QED) is 0.0813. The summed E-state index contributed by atoms with van der Waals surface area (Å²) >= 11 is 0. The summed E-state index contributed by atoms with van der Waals surface area (Å²) in [6, 6.07) is 22.7. The summed E-state index contributed by atoms with van der Waals surface area (Å²) in [5.74, 6) is 1.79. The zero-order valence-corrected chi connectivity index (χ0v) is 34.9. The zero-order chi connectivity index (χ0) is 36.9. The number of rotatable bonds is 11. The largest absolute Gasteiger partial charge is 0.512 e. The Morgan fingerprint density at radius 1 is 0.843 bits per heavy atom. The van der Waals surface area contributed by atoms with Gasteiger partial charge in [-0.1, -0.05) is 111 Å². The number of hydrogen-bond acceptors (Lipinski definition) is 5. The van der Waals surface area contributed by atoms with E-state index < -0.39 is 0 Å². The van der Waals surface area contributed by atoms with Crippen molar-refractivity contribution in [1.82, 2.24) is 9.97 Å². The van der Waals surface area contributed by atoms with Crippen molar-refractivity contribution in [2.75, 3.05) is 0 Å². The van der Waals surface area contributed by atoms with Crippen LogP contribution in [0.5, 0.6) is 0 Å². The number of allylic oxidation sites excluding steroid dienone is 2. The summed E-state index contributed by atoms with van der Waals surface area (Å²) < 4.78 is 6.02. The maximum atomic E-state index is 12.2. The summed E-state index contributed by atoms with van der Waals surface area (Å²) in [5, 5.41) is 13.5. The van der Waals surface area contributed by atoms with Crippen molar-refractivity contribution in [1.29, 1.82) is 0 Å². The predicted molar refractivity (Wildman–Crippen MR) is 209 cm³/mol. The Balaban J connectivity index is 0.000000335. The molecule has 0 aliphatic carbocycles. The van der Waals surface area contributed by atoms with E-state index in [4.69, 9.17) is 9.40 Å². The molecule has 0 aliphatic rings. The molecule has 5 aromatic rings. The first kappa shape index (κ1) is 41.8. The summed E-state index contributed by atoms with van der Waals surface area (Å²) in [5.41, 5.74) is 5.55. The number of nitrogens with zero attached hydrogens (tertiary/aromatic N) is 2. The Kier molecular flexibility index (Phi) is 14.2. The number of benzene rings is 2. The van der Waals surface area contributed by atoms with E-state index in [2.05, 4.69) is 100 Å². The topological polar surface area (TPSA) is 76.2 Å². The van der Waals surface area contributed by atoms with Crippen LogP contribution in [0.4, 0.5) is 0 Å². The standard InChI is InChI=1S/C30H29N2O.C15H28O2.Ir/c1-19(2)14-23-18-26-24(11-13-32-29(26)33-23)21-10-12-31-28(17-21)22-15-20-8-6-7-9-25(20)27(16-22)30(3,4)5;1-7-14(5,8-2)12(16)11-13(17)15(6,9-3)10-4;/h6-13,16-19H,14H2,1-5H3;11,16H,7-10H2,1-6H3;/q-1;;/b;12-11-;. The molecule has 0 saturated heterocycles. The molecular formula is C45H57IrN2O3-. The molecule has 5 rings (SSSR count). The molecule has 51 heavy (non-hydrogen) atoms. The van der Waals surface area contributed by atoms with Gasteiger partial charge in [-0.05, 0) is 66.3 Å². The minimum Gasteiger partial charge on any atom is -0.512 e. The molecule has 0 atom stereocenters. The Morgan fingerprint density at radius 3 is 2.08 bits per heavy atom. The normalized spacial score (nSPS) is 12.5. The third-order valence-corrected chi connectivity index (χ3v) is 10.6. The Bertz CT molecular complexity index is 1960. The molecule has 0 bridgehead atoms. The van der Waals surface area contributed by atoms with Crippen molar-refractivity contribution < 1.29 is 34.4 Å². The maximum absolute atomic E-state index is 12.2.